The van der Waals surface area contributed by atoms with Gasteiger partial charge in [-0.2, -0.15) is 0 Å². The number of amides is 1. The predicted octanol–water partition coefficient (Wildman–Crippen LogP) is 7.98. The Balaban J connectivity index is 1.60. The Kier molecular flexibility index (Phi) is 6.19. The van der Waals surface area contributed by atoms with Gasteiger partial charge in [0.2, 0.25) is 0 Å². The van der Waals surface area contributed by atoms with Gasteiger partial charge in [0.05, 0.1) is 23.5 Å². The Morgan fingerprint density at radius 1 is 0.919 bits per heavy atom. The first kappa shape index (κ1) is 23.7. The summed E-state index contributed by atoms with van der Waals surface area (Å²) in [4.78, 5) is 14.0. The van der Waals surface area contributed by atoms with Crippen molar-refractivity contribution < 1.29 is 9.53 Å². The summed E-state index contributed by atoms with van der Waals surface area (Å²) in [7, 11) is 1.65. The van der Waals surface area contributed by atoms with Crippen molar-refractivity contribution in [2.75, 3.05) is 12.4 Å². The van der Waals surface area contributed by atoms with E-state index < -0.39 is 0 Å². The lowest BCUT2D eigenvalue weighted by Crippen LogP contribution is -2.15. The number of methoxy groups -OCH3 is 1. The minimum absolute atomic E-state index is 0.208. The van der Waals surface area contributed by atoms with Crippen molar-refractivity contribution in [3.05, 3.63) is 100 Å². The average molecular weight is 530 g/mol. The van der Waals surface area contributed by atoms with E-state index in [0.717, 1.165) is 59.6 Å². The predicted molar refractivity (Wildman–Crippen MR) is 150 cm³/mol. The van der Waals surface area contributed by atoms with E-state index in [9.17, 15) is 4.79 Å². The highest BCUT2D eigenvalue weighted by molar-refractivity contribution is 6.34. The Bertz CT molecular complexity index is 1620. The minimum atomic E-state index is -0.208. The summed E-state index contributed by atoms with van der Waals surface area (Å²) in [6.07, 6.45) is 5.05. The molecule has 186 valence electrons. The molecule has 1 aliphatic heterocycles. The molecule has 3 aromatic carbocycles. The fourth-order valence-electron chi connectivity index (χ4n) is 5.27. The van der Waals surface area contributed by atoms with Gasteiger partial charge in [-0.1, -0.05) is 59.6 Å². The number of rotatable bonds is 5. The first-order valence-corrected chi connectivity index (χ1v) is 13.0. The molecule has 0 fully saturated rings. The van der Waals surface area contributed by atoms with E-state index in [1.165, 1.54) is 5.56 Å². The van der Waals surface area contributed by atoms with Gasteiger partial charge in [-0.25, -0.2) is 0 Å². The van der Waals surface area contributed by atoms with Gasteiger partial charge < -0.3 is 14.6 Å². The number of hydrogen-bond donors (Lipinski definition) is 1. The second kappa shape index (κ2) is 9.66. The van der Waals surface area contributed by atoms with Gasteiger partial charge >= 0.3 is 0 Å². The standard InChI is InChI=1S/C30H25Cl2N3O2/c1-37-22-15-11-20(12-16-22)27-23-6-4-5-17-34-26(19-9-13-21(31)14-10-19)18-35(30(23)34)28(27)29(36)33-25-8-3-2-7-24(25)32/h2-3,7-16,18H,4-6,17H2,1H3,(H,33,36). The molecule has 2 aromatic heterocycles. The van der Waals surface area contributed by atoms with E-state index in [1.807, 2.05) is 66.7 Å². The third-order valence-electron chi connectivity index (χ3n) is 6.99. The quantitative estimate of drug-likeness (QED) is 0.251. The van der Waals surface area contributed by atoms with E-state index in [1.54, 1.807) is 13.2 Å². The third-order valence-corrected chi connectivity index (χ3v) is 7.57. The van der Waals surface area contributed by atoms with Crippen molar-refractivity contribution >= 4 is 40.4 Å². The molecule has 0 atom stereocenters. The van der Waals surface area contributed by atoms with Gasteiger partial charge in [-0.05, 0) is 66.8 Å². The van der Waals surface area contributed by atoms with Crippen LogP contribution in [-0.2, 0) is 13.0 Å². The Morgan fingerprint density at radius 2 is 1.65 bits per heavy atom. The number of aromatic nitrogens is 2. The highest BCUT2D eigenvalue weighted by atomic mass is 35.5. The van der Waals surface area contributed by atoms with E-state index in [-0.39, 0.29) is 5.91 Å². The number of aryl methyl sites for hydroxylation is 2. The fourth-order valence-corrected chi connectivity index (χ4v) is 5.58. The summed E-state index contributed by atoms with van der Waals surface area (Å²) in [6, 6.07) is 23.1. The highest BCUT2D eigenvalue weighted by Gasteiger charge is 2.29. The zero-order valence-corrected chi connectivity index (χ0v) is 21.8. The summed E-state index contributed by atoms with van der Waals surface area (Å²) < 4.78 is 9.78. The molecule has 5 aromatic rings. The van der Waals surface area contributed by atoms with Crippen LogP contribution in [0.4, 0.5) is 5.69 Å². The molecule has 0 saturated carbocycles. The van der Waals surface area contributed by atoms with Gasteiger partial charge in [-0.3, -0.25) is 9.20 Å². The van der Waals surface area contributed by atoms with Crippen LogP contribution in [0.2, 0.25) is 10.0 Å². The fraction of sp³-hybridized carbons (Fsp3) is 0.167. The number of ether oxygens (including phenoxy) is 1. The number of carbonyl (C=O) groups excluding carboxylic acids is 1. The molecule has 7 heteroatoms. The molecule has 0 saturated heterocycles. The number of anilines is 1. The Labute approximate surface area is 225 Å². The van der Waals surface area contributed by atoms with Crippen molar-refractivity contribution in [2.24, 2.45) is 0 Å². The molecule has 5 nitrogen and oxygen atoms in total. The van der Waals surface area contributed by atoms with Crippen molar-refractivity contribution in [1.82, 2.24) is 8.97 Å². The van der Waals surface area contributed by atoms with E-state index >= 15 is 0 Å². The minimum Gasteiger partial charge on any atom is -0.497 e. The lowest BCUT2D eigenvalue weighted by Gasteiger charge is -2.11. The summed E-state index contributed by atoms with van der Waals surface area (Å²) in [5.41, 5.74) is 7.43. The van der Waals surface area contributed by atoms with Crippen LogP contribution >= 0.6 is 23.2 Å². The molecule has 37 heavy (non-hydrogen) atoms. The molecule has 0 unspecified atom stereocenters. The van der Waals surface area contributed by atoms with Crippen LogP contribution in [0.25, 0.3) is 28.0 Å². The summed E-state index contributed by atoms with van der Waals surface area (Å²) in [5, 5.41) is 4.25. The number of benzene rings is 3. The van der Waals surface area contributed by atoms with Gasteiger partial charge in [0.15, 0.2) is 0 Å². The van der Waals surface area contributed by atoms with Crippen molar-refractivity contribution in [1.29, 1.82) is 0 Å². The maximum Gasteiger partial charge on any atom is 0.273 e. The second-order valence-corrected chi connectivity index (χ2v) is 10.0. The van der Waals surface area contributed by atoms with Gasteiger partial charge in [0, 0.05) is 28.9 Å². The molecule has 1 amide bonds. The molecular weight excluding hydrogens is 505 g/mol. The van der Waals surface area contributed by atoms with Crippen LogP contribution in [0.3, 0.4) is 0 Å². The topological polar surface area (TPSA) is 47.7 Å². The summed E-state index contributed by atoms with van der Waals surface area (Å²) in [5.74, 6) is 0.565. The SMILES string of the molecule is COc1ccc(-c2c3c4n(c(-c5ccc(Cl)cc5)cn4c2C(=O)Nc2ccccc2Cl)CCCC3)cc1. The number of nitrogens with one attached hydrogen (secondary N) is 1. The van der Waals surface area contributed by atoms with Crippen LogP contribution in [0.1, 0.15) is 28.9 Å². The van der Waals surface area contributed by atoms with Crippen LogP contribution < -0.4 is 10.1 Å². The van der Waals surface area contributed by atoms with Gasteiger partial charge in [-0.15, -0.1) is 0 Å². The Hall–Kier alpha value is -3.67. The first-order valence-electron chi connectivity index (χ1n) is 12.3. The van der Waals surface area contributed by atoms with Crippen LogP contribution in [-0.4, -0.2) is 22.0 Å². The lowest BCUT2D eigenvalue weighted by molar-refractivity contribution is 0.102. The largest absolute Gasteiger partial charge is 0.497 e. The van der Waals surface area contributed by atoms with Gasteiger partial charge in [0.1, 0.15) is 17.1 Å². The summed E-state index contributed by atoms with van der Waals surface area (Å²) >= 11 is 12.6. The van der Waals surface area contributed by atoms with Crippen molar-refractivity contribution in [3.8, 4) is 28.1 Å². The molecule has 1 N–H and O–H groups in total. The summed E-state index contributed by atoms with van der Waals surface area (Å²) in [6.45, 7) is 0.874. The normalized spacial score (nSPS) is 12.9. The molecule has 3 heterocycles. The zero-order valence-electron chi connectivity index (χ0n) is 20.3. The molecule has 1 aliphatic rings. The molecule has 0 bridgehead atoms. The smallest absolute Gasteiger partial charge is 0.273 e. The lowest BCUT2D eigenvalue weighted by atomic mass is 9.97. The van der Waals surface area contributed by atoms with E-state index in [4.69, 9.17) is 27.9 Å². The van der Waals surface area contributed by atoms with E-state index in [2.05, 4.69) is 20.5 Å². The molecular formula is C30H25Cl2N3O2. The van der Waals surface area contributed by atoms with Crippen molar-refractivity contribution in [3.63, 3.8) is 0 Å². The molecule has 0 radical (unpaired) electrons. The van der Waals surface area contributed by atoms with Gasteiger partial charge in [0.25, 0.3) is 5.91 Å². The van der Waals surface area contributed by atoms with Crippen molar-refractivity contribution in [2.45, 2.75) is 25.8 Å². The monoisotopic (exact) mass is 529 g/mol. The Morgan fingerprint density at radius 3 is 2.38 bits per heavy atom. The average Bonchev–Trinajstić information content (AvgIpc) is 3.33. The maximum absolute atomic E-state index is 14.0. The van der Waals surface area contributed by atoms with Crippen LogP contribution in [0.5, 0.6) is 5.75 Å². The van der Waals surface area contributed by atoms with E-state index in [0.29, 0.717) is 21.4 Å². The number of carbonyl (C=O) groups is 1. The number of hydrogen-bond acceptors (Lipinski definition) is 2. The zero-order chi connectivity index (χ0) is 25.5. The molecule has 6 rings (SSSR count). The first-order chi connectivity index (χ1) is 18.0. The third kappa shape index (κ3) is 4.18. The highest BCUT2D eigenvalue weighted by Crippen LogP contribution is 2.40. The molecule has 0 spiro atoms. The number of imidazole rings is 1. The second-order valence-electron chi connectivity index (χ2n) is 9.19. The van der Waals surface area contributed by atoms with Crippen LogP contribution in [0, 0.1) is 0 Å². The number of para-hydroxylation sites is 1. The number of halogens is 2. The van der Waals surface area contributed by atoms with Crippen LogP contribution in [0.15, 0.2) is 79.0 Å². The number of nitrogens with zero attached hydrogens (tertiary/aromatic N) is 2. The molecule has 0 aliphatic carbocycles. The maximum atomic E-state index is 14.0.